The van der Waals surface area contributed by atoms with Crippen LogP contribution in [-0.4, -0.2) is 67.7 Å². The van der Waals surface area contributed by atoms with E-state index in [4.69, 9.17) is 10.5 Å². The fourth-order valence-electron chi connectivity index (χ4n) is 2.29. The van der Waals surface area contributed by atoms with Crippen molar-refractivity contribution in [3.63, 3.8) is 0 Å². The van der Waals surface area contributed by atoms with E-state index < -0.39 is 5.54 Å². The Morgan fingerprint density at radius 1 is 1.25 bits per heavy atom. The summed E-state index contributed by atoms with van der Waals surface area (Å²) in [7, 11) is 4.14. The summed E-state index contributed by atoms with van der Waals surface area (Å²) in [6.07, 6.45) is 1.71. The molecule has 0 rings (SSSR count). The Labute approximate surface area is 124 Å². The van der Waals surface area contributed by atoms with Crippen LogP contribution in [-0.2, 0) is 9.53 Å². The Morgan fingerprint density at radius 2 is 1.85 bits per heavy atom. The van der Waals surface area contributed by atoms with Gasteiger partial charge in [-0.1, -0.05) is 6.92 Å². The number of hydrogen-bond donors (Lipinski definition) is 1. The van der Waals surface area contributed by atoms with Crippen molar-refractivity contribution in [1.29, 1.82) is 0 Å². The molecule has 0 aliphatic rings. The molecule has 2 N–H and O–H groups in total. The van der Waals surface area contributed by atoms with E-state index in [1.165, 1.54) is 0 Å². The number of hydrogen-bond acceptors (Lipinski definition) is 5. The molecule has 5 heteroatoms. The number of rotatable bonds is 10. The van der Waals surface area contributed by atoms with Crippen LogP contribution in [0.1, 0.15) is 40.5 Å². The van der Waals surface area contributed by atoms with Crippen LogP contribution in [0.4, 0.5) is 0 Å². The second-order valence-electron chi connectivity index (χ2n) is 6.03. The van der Waals surface area contributed by atoms with Crippen molar-refractivity contribution >= 4 is 5.97 Å². The summed E-state index contributed by atoms with van der Waals surface area (Å²) < 4.78 is 5.05. The highest BCUT2D eigenvalue weighted by Crippen LogP contribution is 2.16. The van der Waals surface area contributed by atoms with Gasteiger partial charge in [0.2, 0.25) is 0 Å². The summed E-state index contributed by atoms with van der Waals surface area (Å²) in [5, 5.41) is 0. The van der Waals surface area contributed by atoms with Crippen LogP contribution >= 0.6 is 0 Å². The lowest BCUT2D eigenvalue weighted by Gasteiger charge is -2.34. The second kappa shape index (κ2) is 9.32. The topological polar surface area (TPSA) is 58.8 Å². The molecule has 0 aromatic heterocycles. The molecule has 20 heavy (non-hydrogen) atoms. The maximum atomic E-state index is 11.9. The summed E-state index contributed by atoms with van der Waals surface area (Å²) >= 11 is 0. The molecule has 0 aromatic rings. The van der Waals surface area contributed by atoms with Crippen molar-refractivity contribution in [2.45, 2.75) is 52.1 Å². The van der Waals surface area contributed by atoms with Crippen LogP contribution < -0.4 is 5.73 Å². The molecule has 2 unspecified atom stereocenters. The summed E-state index contributed by atoms with van der Waals surface area (Å²) in [6.45, 7) is 11.3. The van der Waals surface area contributed by atoms with Gasteiger partial charge in [-0.05, 0) is 54.3 Å². The quantitative estimate of drug-likeness (QED) is 0.614. The Bertz CT molecular complexity index is 280. The molecule has 0 saturated heterocycles. The normalized spacial score (nSPS) is 16.2. The zero-order valence-electron chi connectivity index (χ0n) is 14.1. The fourth-order valence-corrected chi connectivity index (χ4v) is 2.29. The molecular formula is C15H33N3O2. The molecule has 0 fully saturated rings. The van der Waals surface area contributed by atoms with Gasteiger partial charge in [0.25, 0.3) is 0 Å². The van der Waals surface area contributed by atoms with E-state index in [9.17, 15) is 4.79 Å². The first-order chi connectivity index (χ1) is 9.24. The third kappa shape index (κ3) is 7.22. The zero-order valence-corrected chi connectivity index (χ0v) is 14.1. The fraction of sp³-hybridized carbons (Fsp3) is 0.933. The van der Waals surface area contributed by atoms with Crippen LogP contribution in [0.3, 0.4) is 0 Å². The van der Waals surface area contributed by atoms with Gasteiger partial charge in [0.05, 0.1) is 6.61 Å². The molecule has 0 amide bonds. The van der Waals surface area contributed by atoms with Crippen molar-refractivity contribution in [3.8, 4) is 0 Å². The molecule has 0 aliphatic heterocycles. The third-order valence-corrected chi connectivity index (χ3v) is 3.43. The lowest BCUT2D eigenvalue weighted by atomic mass is 9.94. The minimum atomic E-state index is -0.917. The van der Waals surface area contributed by atoms with Crippen LogP contribution in [0.25, 0.3) is 0 Å². The maximum Gasteiger partial charge on any atom is 0.325 e. The lowest BCUT2D eigenvalue weighted by molar-refractivity contribution is -0.149. The largest absolute Gasteiger partial charge is 0.465 e. The Morgan fingerprint density at radius 3 is 2.30 bits per heavy atom. The van der Waals surface area contributed by atoms with Crippen molar-refractivity contribution < 1.29 is 9.53 Å². The van der Waals surface area contributed by atoms with Gasteiger partial charge in [-0.2, -0.15) is 0 Å². The zero-order chi connectivity index (χ0) is 15.8. The number of carbonyl (C=O) groups excluding carboxylic acids is 1. The molecule has 0 aromatic carbocycles. The lowest BCUT2D eigenvalue weighted by Crippen LogP contribution is -2.51. The Balaban J connectivity index is 4.56. The van der Waals surface area contributed by atoms with Crippen LogP contribution in [0.2, 0.25) is 0 Å². The van der Waals surface area contributed by atoms with Gasteiger partial charge in [-0.15, -0.1) is 0 Å². The maximum absolute atomic E-state index is 11.9. The predicted octanol–water partition coefficient (Wildman–Crippen LogP) is 1.32. The minimum absolute atomic E-state index is 0.259. The van der Waals surface area contributed by atoms with Crippen molar-refractivity contribution in [2.24, 2.45) is 5.73 Å². The van der Waals surface area contributed by atoms with E-state index >= 15 is 0 Å². The summed E-state index contributed by atoms with van der Waals surface area (Å²) in [5.74, 6) is -0.309. The Kier molecular flexibility index (Phi) is 9.01. The van der Waals surface area contributed by atoms with E-state index in [0.29, 0.717) is 13.0 Å². The predicted molar refractivity (Wildman–Crippen MR) is 83.7 cm³/mol. The molecule has 0 bridgehead atoms. The van der Waals surface area contributed by atoms with Crippen LogP contribution in [0.5, 0.6) is 0 Å². The smallest absolute Gasteiger partial charge is 0.325 e. The number of ether oxygens (including phenoxy) is 1. The molecule has 0 radical (unpaired) electrons. The molecule has 5 nitrogen and oxygen atoms in total. The monoisotopic (exact) mass is 287 g/mol. The first-order valence-electron chi connectivity index (χ1n) is 7.59. The summed E-state index contributed by atoms with van der Waals surface area (Å²) in [5.41, 5.74) is 5.21. The van der Waals surface area contributed by atoms with Crippen molar-refractivity contribution in [1.82, 2.24) is 9.80 Å². The molecule has 0 spiro atoms. The van der Waals surface area contributed by atoms with Crippen molar-refractivity contribution in [2.75, 3.05) is 40.3 Å². The van der Waals surface area contributed by atoms with Crippen molar-refractivity contribution in [3.05, 3.63) is 0 Å². The van der Waals surface area contributed by atoms with E-state index in [1.807, 2.05) is 0 Å². The number of nitrogens with two attached hydrogens (primary N) is 1. The van der Waals surface area contributed by atoms with Crippen LogP contribution in [0, 0.1) is 0 Å². The summed E-state index contributed by atoms with van der Waals surface area (Å²) in [4.78, 5) is 16.4. The third-order valence-electron chi connectivity index (χ3n) is 3.43. The molecule has 0 aliphatic carbocycles. The number of carbonyl (C=O) groups is 1. The van der Waals surface area contributed by atoms with Gasteiger partial charge < -0.3 is 15.4 Å². The van der Waals surface area contributed by atoms with E-state index in [2.05, 4.69) is 37.7 Å². The van der Waals surface area contributed by atoms with Gasteiger partial charge in [-0.25, -0.2) is 0 Å². The molecule has 0 heterocycles. The molecular weight excluding hydrogens is 254 g/mol. The van der Waals surface area contributed by atoms with E-state index in [1.54, 1.807) is 13.8 Å². The van der Waals surface area contributed by atoms with Gasteiger partial charge in [0.15, 0.2) is 0 Å². The van der Waals surface area contributed by atoms with E-state index in [0.717, 1.165) is 26.1 Å². The average molecular weight is 287 g/mol. The average Bonchev–Trinajstić information content (AvgIpc) is 2.33. The number of esters is 1. The van der Waals surface area contributed by atoms with Crippen LogP contribution in [0.15, 0.2) is 0 Å². The number of likely N-dealkylation sites (N-methyl/N-ethyl adjacent to an activating group) is 1. The summed E-state index contributed by atoms with van der Waals surface area (Å²) in [6, 6.07) is 0.259. The number of nitrogens with zero attached hydrogens (tertiary/aromatic N) is 2. The minimum Gasteiger partial charge on any atom is -0.465 e. The SMILES string of the molecule is CCCN(CCN(C)C)C(C)CC(C)(N)C(=O)OCC. The molecule has 120 valence electrons. The van der Waals surface area contributed by atoms with Gasteiger partial charge in [0, 0.05) is 19.1 Å². The highest BCUT2D eigenvalue weighted by Gasteiger charge is 2.33. The highest BCUT2D eigenvalue weighted by molar-refractivity contribution is 5.80. The standard InChI is InChI=1S/C15H33N3O2/c1-7-9-18(11-10-17(5)6)13(3)12-15(4,16)14(19)20-8-2/h13H,7-12,16H2,1-6H3. The first-order valence-corrected chi connectivity index (χ1v) is 7.59. The highest BCUT2D eigenvalue weighted by atomic mass is 16.5. The van der Waals surface area contributed by atoms with Gasteiger partial charge in [-0.3, -0.25) is 9.69 Å². The molecule has 2 atom stereocenters. The molecule has 0 saturated carbocycles. The second-order valence-corrected chi connectivity index (χ2v) is 6.03. The first kappa shape index (κ1) is 19.4. The van der Waals surface area contributed by atoms with Gasteiger partial charge in [0.1, 0.15) is 5.54 Å². The Hall–Kier alpha value is -0.650. The van der Waals surface area contributed by atoms with Gasteiger partial charge >= 0.3 is 5.97 Å². The van der Waals surface area contributed by atoms with E-state index in [-0.39, 0.29) is 12.0 Å².